The fourth-order valence-electron chi connectivity index (χ4n) is 2.75. The zero-order valence-electron chi connectivity index (χ0n) is 13.6. The number of nitrogens with one attached hydrogen (secondary N) is 1. The van der Waals surface area contributed by atoms with Crippen molar-refractivity contribution in [3.63, 3.8) is 0 Å². The zero-order chi connectivity index (χ0) is 18.8. The van der Waals surface area contributed by atoms with Gasteiger partial charge in [-0.05, 0) is 18.2 Å². The number of ether oxygens (including phenoxy) is 1. The lowest BCUT2D eigenvalue weighted by molar-refractivity contribution is -0.231. The van der Waals surface area contributed by atoms with Gasteiger partial charge in [-0.1, -0.05) is 5.92 Å². The van der Waals surface area contributed by atoms with E-state index in [2.05, 4.69) is 16.2 Å². The maximum atomic E-state index is 12.0. The van der Waals surface area contributed by atoms with Gasteiger partial charge in [-0.2, -0.15) is 0 Å². The molecule has 1 aromatic heterocycles. The van der Waals surface area contributed by atoms with Crippen LogP contribution in [0, 0.1) is 12.3 Å². The van der Waals surface area contributed by atoms with Crippen LogP contribution in [-0.4, -0.2) is 68.9 Å². The van der Waals surface area contributed by atoms with Gasteiger partial charge in [-0.15, -0.1) is 17.8 Å². The van der Waals surface area contributed by atoms with Crippen LogP contribution in [0.3, 0.4) is 0 Å². The van der Waals surface area contributed by atoms with Crippen molar-refractivity contribution < 1.29 is 30.0 Å². The second-order valence-corrected chi connectivity index (χ2v) is 6.93. The van der Waals surface area contributed by atoms with Crippen LogP contribution in [0.5, 0.6) is 0 Å². The van der Waals surface area contributed by atoms with Gasteiger partial charge in [0, 0.05) is 5.56 Å². The molecule has 1 amide bonds. The molecule has 0 saturated carbocycles. The Labute approximate surface area is 153 Å². The van der Waals surface area contributed by atoms with E-state index in [1.54, 1.807) is 18.2 Å². The van der Waals surface area contributed by atoms with Crippen LogP contribution in [0.25, 0.3) is 10.2 Å². The van der Waals surface area contributed by atoms with E-state index in [4.69, 9.17) is 11.2 Å². The number of aliphatic hydroxyl groups excluding tert-OH is 4. The minimum Gasteiger partial charge on any atom is -0.394 e. The number of aromatic nitrogens is 1. The molecule has 1 aromatic carbocycles. The molecule has 5 atom stereocenters. The molecule has 1 fully saturated rings. The van der Waals surface area contributed by atoms with Gasteiger partial charge in [0.25, 0.3) is 5.91 Å². The third-order valence-electron chi connectivity index (χ3n) is 4.15. The Morgan fingerprint density at radius 3 is 2.77 bits per heavy atom. The first-order chi connectivity index (χ1) is 12.5. The number of rotatable bonds is 4. The van der Waals surface area contributed by atoms with Gasteiger partial charge in [0.15, 0.2) is 0 Å². The van der Waals surface area contributed by atoms with Crippen molar-refractivity contribution in [2.45, 2.75) is 30.5 Å². The number of carbonyl (C=O) groups excluding carboxylic acids is 1. The molecule has 9 heteroatoms. The number of thiazole rings is 1. The standard InChI is InChI=1S/C17H18N2O6S/c1-2-5-18-16(24)8-3-4-11-9(6-8)19-17(26-11)15-14(23)13(22)12(21)10(7-20)25-15/h1,3-4,6,10,12-15,20-23H,5,7H2,(H,18,24)/t10-,12+,13+,14-,15-/m1/s1. The molecule has 0 radical (unpaired) electrons. The van der Waals surface area contributed by atoms with E-state index in [-0.39, 0.29) is 12.5 Å². The fourth-order valence-corrected chi connectivity index (χ4v) is 3.77. The van der Waals surface area contributed by atoms with Crippen molar-refractivity contribution in [1.29, 1.82) is 0 Å². The first-order valence-electron chi connectivity index (χ1n) is 7.89. The Morgan fingerprint density at radius 2 is 2.08 bits per heavy atom. The van der Waals surface area contributed by atoms with Crippen LogP contribution in [0.1, 0.15) is 21.5 Å². The summed E-state index contributed by atoms with van der Waals surface area (Å²) in [5, 5.41) is 42.2. The Balaban J connectivity index is 1.89. The number of aliphatic hydroxyl groups is 4. The summed E-state index contributed by atoms with van der Waals surface area (Å²) < 4.78 is 6.27. The van der Waals surface area contributed by atoms with E-state index in [9.17, 15) is 25.2 Å². The van der Waals surface area contributed by atoms with Crippen LogP contribution in [0.4, 0.5) is 0 Å². The highest BCUT2D eigenvalue weighted by Gasteiger charge is 2.45. The zero-order valence-corrected chi connectivity index (χ0v) is 14.4. The van der Waals surface area contributed by atoms with Gasteiger partial charge in [-0.25, -0.2) is 4.98 Å². The molecule has 5 N–H and O–H groups in total. The number of benzene rings is 1. The van der Waals surface area contributed by atoms with Crippen molar-refractivity contribution in [3.05, 3.63) is 28.8 Å². The summed E-state index contributed by atoms with van der Waals surface area (Å²) in [4.78, 5) is 16.4. The van der Waals surface area contributed by atoms with Gasteiger partial charge >= 0.3 is 0 Å². The number of hydrogen-bond acceptors (Lipinski definition) is 8. The molecule has 8 nitrogen and oxygen atoms in total. The van der Waals surface area contributed by atoms with E-state index >= 15 is 0 Å². The van der Waals surface area contributed by atoms with Gasteiger partial charge in [0.1, 0.15) is 35.5 Å². The van der Waals surface area contributed by atoms with Crippen LogP contribution >= 0.6 is 11.3 Å². The van der Waals surface area contributed by atoms with Crippen molar-refractivity contribution in [3.8, 4) is 12.3 Å². The molecule has 2 heterocycles. The summed E-state index contributed by atoms with van der Waals surface area (Å²) in [5.41, 5.74) is 0.911. The number of hydrogen-bond donors (Lipinski definition) is 5. The highest BCUT2D eigenvalue weighted by molar-refractivity contribution is 7.18. The highest BCUT2D eigenvalue weighted by Crippen LogP contribution is 2.36. The summed E-state index contributed by atoms with van der Waals surface area (Å²) in [6, 6.07) is 4.93. The van der Waals surface area contributed by atoms with Crippen LogP contribution in [0.2, 0.25) is 0 Å². The van der Waals surface area contributed by atoms with Crippen molar-refractivity contribution in [1.82, 2.24) is 10.3 Å². The third-order valence-corrected chi connectivity index (χ3v) is 5.25. The molecule has 26 heavy (non-hydrogen) atoms. The number of carbonyl (C=O) groups is 1. The minimum absolute atomic E-state index is 0.115. The Morgan fingerprint density at radius 1 is 1.31 bits per heavy atom. The normalized spacial score (nSPS) is 28.7. The molecular formula is C17H18N2O6S. The molecular weight excluding hydrogens is 360 g/mol. The third kappa shape index (κ3) is 3.43. The maximum Gasteiger partial charge on any atom is 0.252 e. The van der Waals surface area contributed by atoms with E-state index in [0.29, 0.717) is 16.1 Å². The largest absolute Gasteiger partial charge is 0.394 e. The van der Waals surface area contributed by atoms with Gasteiger partial charge in [0.05, 0.1) is 23.4 Å². The average molecular weight is 378 g/mol. The number of terminal acetylenes is 1. The Hall–Kier alpha value is -2.06. The molecule has 0 unspecified atom stereocenters. The molecule has 3 rings (SSSR count). The van der Waals surface area contributed by atoms with Crippen molar-refractivity contribution in [2.24, 2.45) is 0 Å². The van der Waals surface area contributed by atoms with E-state index < -0.39 is 37.1 Å². The molecule has 1 aliphatic rings. The molecule has 1 aliphatic heterocycles. The summed E-state index contributed by atoms with van der Waals surface area (Å²) in [6.45, 7) is -0.393. The Bertz CT molecular complexity index is 845. The first-order valence-corrected chi connectivity index (χ1v) is 8.70. The Kier molecular flexibility index (Phi) is 5.52. The molecule has 1 saturated heterocycles. The minimum atomic E-state index is -1.47. The van der Waals surface area contributed by atoms with E-state index in [1.807, 2.05) is 0 Å². The highest BCUT2D eigenvalue weighted by atomic mass is 32.1. The first kappa shape index (κ1) is 18.7. The summed E-state index contributed by atoms with van der Waals surface area (Å²) >= 11 is 1.23. The lowest BCUT2D eigenvalue weighted by Crippen LogP contribution is -2.55. The van der Waals surface area contributed by atoms with Crippen molar-refractivity contribution in [2.75, 3.05) is 13.2 Å². The lowest BCUT2D eigenvalue weighted by atomic mass is 9.95. The number of amides is 1. The summed E-state index contributed by atoms with van der Waals surface area (Å²) in [5.74, 6) is 1.99. The smallest absolute Gasteiger partial charge is 0.252 e. The van der Waals surface area contributed by atoms with Gasteiger partial charge in [-0.3, -0.25) is 4.79 Å². The van der Waals surface area contributed by atoms with Crippen LogP contribution in [-0.2, 0) is 4.74 Å². The molecule has 0 bridgehead atoms. The second kappa shape index (κ2) is 7.67. The topological polar surface area (TPSA) is 132 Å². The quantitative estimate of drug-likeness (QED) is 0.439. The SMILES string of the molecule is C#CCNC(=O)c1ccc2sc([C@@H]3O[C@H](CO)[C@H](O)[C@H](O)[C@H]3O)nc2c1. The molecule has 2 aromatic rings. The second-order valence-electron chi connectivity index (χ2n) is 5.87. The fraction of sp³-hybridized carbons (Fsp3) is 0.412. The number of nitrogens with zero attached hydrogens (tertiary/aromatic N) is 1. The summed E-state index contributed by atoms with van der Waals surface area (Å²) in [6.07, 6.45) is -1.17. The van der Waals surface area contributed by atoms with Crippen LogP contribution < -0.4 is 5.32 Å². The van der Waals surface area contributed by atoms with Gasteiger partial charge < -0.3 is 30.5 Å². The maximum absolute atomic E-state index is 12.0. The summed E-state index contributed by atoms with van der Waals surface area (Å²) in [7, 11) is 0. The van der Waals surface area contributed by atoms with Crippen molar-refractivity contribution >= 4 is 27.5 Å². The average Bonchev–Trinajstić information content (AvgIpc) is 3.07. The predicted octanol–water partition coefficient (Wildman–Crippen LogP) is -0.826. The molecule has 0 spiro atoms. The monoisotopic (exact) mass is 378 g/mol. The lowest BCUT2D eigenvalue weighted by Gasteiger charge is -2.39. The molecule has 138 valence electrons. The molecule has 0 aliphatic carbocycles. The predicted molar refractivity (Wildman–Crippen MR) is 93.5 cm³/mol. The van der Waals surface area contributed by atoms with Gasteiger partial charge in [0.2, 0.25) is 0 Å². The van der Waals surface area contributed by atoms with E-state index in [0.717, 1.165) is 4.70 Å². The van der Waals surface area contributed by atoms with E-state index in [1.165, 1.54) is 11.3 Å². The van der Waals surface area contributed by atoms with Crippen LogP contribution in [0.15, 0.2) is 18.2 Å². The number of fused-ring (bicyclic) bond motifs is 1.